The highest BCUT2D eigenvalue weighted by atomic mass is 32.2. The minimum absolute atomic E-state index is 0.128. The number of hydrogen-bond donors (Lipinski definition) is 1. The third-order valence-corrected chi connectivity index (χ3v) is 3.92. The molecule has 1 heterocycles. The van der Waals surface area contributed by atoms with Gasteiger partial charge in [-0.15, -0.1) is 0 Å². The molecule has 0 radical (unpaired) electrons. The summed E-state index contributed by atoms with van der Waals surface area (Å²) in [5, 5.41) is 2.76. The molecule has 0 unspecified atom stereocenters. The van der Waals surface area contributed by atoms with Crippen LogP contribution in [0.4, 0.5) is 0 Å². The maximum absolute atomic E-state index is 11.7. The van der Waals surface area contributed by atoms with Gasteiger partial charge in [0.05, 0.1) is 13.2 Å². The summed E-state index contributed by atoms with van der Waals surface area (Å²) in [4.78, 5) is 23.2. The molecule has 0 aromatic heterocycles. The summed E-state index contributed by atoms with van der Waals surface area (Å²) in [6.45, 7) is 8.74. The van der Waals surface area contributed by atoms with Crippen molar-refractivity contribution in [2.75, 3.05) is 18.6 Å². The highest BCUT2D eigenvalue weighted by molar-refractivity contribution is 7.99. The topological polar surface area (TPSA) is 55.4 Å². The quantitative estimate of drug-likeness (QED) is 0.549. The van der Waals surface area contributed by atoms with Crippen LogP contribution in [0.15, 0.2) is 48.3 Å². The summed E-state index contributed by atoms with van der Waals surface area (Å²) in [6, 6.07) is -0.258. The standard InChI is InChI=1S/C15H19NO3S/c1-5-7-11(6-2)8-20-9-12-14(19-4)13(10(3)17)15(18)16-12/h5-7,12H,1-2,8-9H2,3-4H3,(H,16,18)/b11-7+/t12-/m0/s1. The number of nitrogens with one attached hydrogen (secondary N) is 1. The summed E-state index contributed by atoms with van der Waals surface area (Å²) >= 11 is 1.63. The van der Waals surface area contributed by atoms with Crippen LogP contribution in [0.3, 0.4) is 0 Å². The maximum Gasteiger partial charge on any atom is 0.259 e. The molecule has 1 N–H and O–H groups in total. The largest absolute Gasteiger partial charge is 0.498 e. The van der Waals surface area contributed by atoms with Crippen molar-refractivity contribution < 1.29 is 14.3 Å². The van der Waals surface area contributed by atoms with Crippen molar-refractivity contribution in [3.8, 4) is 0 Å². The smallest absolute Gasteiger partial charge is 0.259 e. The Hall–Kier alpha value is -1.75. The number of allylic oxidation sites excluding steroid dienone is 3. The van der Waals surface area contributed by atoms with E-state index < -0.39 is 0 Å². The lowest BCUT2D eigenvalue weighted by Gasteiger charge is -2.13. The van der Waals surface area contributed by atoms with Crippen molar-refractivity contribution >= 4 is 23.5 Å². The molecule has 1 rings (SSSR count). The molecule has 4 nitrogen and oxygen atoms in total. The number of carbonyl (C=O) groups is 2. The van der Waals surface area contributed by atoms with Gasteiger partial charge in [0.25, 0.3) is 5.91 Å². The first-order valence-corrected chi connectivity index (χ1v) is 7.32. The molecule has 0 aliphatic carbocycles. The summed E-state index contributed by atoms with van der Waals surface area (Å²) in [5.74, 6) is 1.20. The van der Waals surface area contributed by atoms with Crippen LogP contribution < -0.4 is 5.32 Å². The number of Topliss-reactive ketones (excluding diaryl/α,β-unsaturated/α-hetero) is 1. The first-order valence-electron chi connectivity index (χ1n) is 6.16. The fourth-order valence-electron chi connectivity index (χ4n) is 1.90. The second-order valence-electron chi connectivity index (χ2n) is 4.22. The average molecular weight is 293 g/mol. The molecule has 0 spiro atoms. The molecule has 108 valence electrons. The molecule has 20 heavy (non-hydrogen) atoms. The lowest BCUT2D eigenvalue weighted by Crippen LogP contribution is -2.31. The van der Waals surface area contributed by atoms with Crippen molar-refractivity contribution in [3.05, 3.63) is 48.3 Å². The Morgan fingerprint density at radius 2 is 2.20 bits per heavy atom. The lowest BCUT2D eigenvalue weighted by molar-refractivity contribution is -0.121. The van der Waals surface area contributed by atoms with Gasteiger partial charge in [0.15, 0.2) is 5.78 Å². The molecule has 0 bridgehead atoms. The Morgan fingerprint density at radius 3 is 2.70 bits per heavy atom. The minimum atomic E-state index is -0.356. The zero-order chi connectivity index (χ0) is 15.1. The lowest BCUT2D eigenvalue weighted by atomic mass is 10.1. The Labute approximate surface area is 123 Å². The van der Waals surface area contributed by atoms with Gasteiger partial charge in [-0.25, -0.2) is 0 Å². The molecule has 1 aliphatic rings. The Morgan fingerprint density at radius 1 is 1.50 bits per heavy atom. The van der Waals surface area contributed by atoms with E-state index in [0.717, 1.165) is 11.3 Å². The van der Waals surface area contributed by atoms with E-state index in [1.54, 1.807) is 23.9 Å². The molecule has 1 aliphatic heterocycles. The molecule has 0 saturated carbocycles. The highest BCUT2D eigenvalue weighted by Crippen LogP contribution is 2.23. The van der Waals surface area contributed by atoms with Crippen LogP contribution in [0.25, 0.3) is 0 Å². The predicted molar refractivity (Wildman–Crippen MR) is 82.4 cm³/mol. The van der Waals surface area contributed by atoms with Gasteiger partial charge in [0, 0.05) is 11.5 Å². The Kier molecular flexibility index (Phi) is 6.31. The summed E-state index contributed by atoms with van der Waals surface area (Å²) < 4.78 is 5.21. The molecule has 0 saturated heterocycles. The van der Waals surface area contributed by atoms with Crippen molar-refractivity contribution in [2.45, 2.75) is 13.0 Å². The first-order chi connectivity index (χ1) is 9.54. The number of hydrogen-bond acceptors (Lipinski definition) is 4. The van der Waals surface area contributed by atoms with Crippen LogP contribution in [0.2, 0.25) is 0 Å². The van der Waals surface area contributed by atoms with Crippen LogP contribution in [0, 0.1) is 0 Å². The molecule has 0 aromatic carbocycles. The average Bonchev–Trinajstić information content (AvgIpc) is 2.73. The van der Waals surface area contributed by atoms with Crippen molar-refractivity contribution in [1.29, 1.82) is 0 Å². The van der Waals surface area contributed by atoms with Gasteiger partial charge in [0.2, 0.25) is 0 Å². The van der Waals surface area contributed by atoms with E-state index >= 15 is 0 Å². The number of amides is 1. The SMILES string of the molecule is C=C/C=C(\C=C)CSC[C@@H]1NC(=O)C(C(C)=O)=C1OC. The zero-order valence-electron chi connectivity index (χ0n) is 11.8. The van der Waals surface area contributed by atoms with E-state index in [0.29, 0.717) is 11.5 Å². The summed E-state index contributed by atoms with van der Waals surface area (Å²) in [6.07, 6.45) is 5.38. The summed E-state index contributed by atoms with van der Waals surface area (Å²) in [5.41, 5.74) is 1.19. The third kappa shape index (κ3) is 3.87. The molecular weight excluding hydrogens is 274 g/mol. The van der Waals surface area contributed by atoms with Crippen LogP contribution in [-0.2, 0) is 14.3 Å². The van der Waals surface area contributed by atoms with Crippen LogP contribution in [0.5, 0.6) is 0 Å². The van der Waals surface area contributed by atoms with Gasteiger partial charge in [-0.05, 0) is 12.5 Å². The van der Waals surface area contributed by atoms with E-state index in [2.05, 4.69) is 18.5 Å². The number of rotatable bonds is 8. The van der Waals surface area contributed by atoms with E-state index in [1.807, 2.05) is 6.08 Å². The molecule has 1 amide bonds. The monoisotopic (exact) mass is 293 g/mol. The Bertz CT molecular complexity index is 491. The van der Waals surface area contributed by atoms with Crippen molar-refractivity contribution in [2.24, 2.45) is 0 Å². The van der Waals surface area contributed by atoms with E-state index in [4.69, 9.17) is 4.74 Å². The normalized spacial score (nSPS) is 18.8. The molecule has 5 heteroatoms. The number of carbonyl (C=O) groups excluding carboxylic acids is 2. The second-order valence-corrected chi connectivity index (χ2v) is 5.25. The Balaban J connectivity index is 2.68. The molecule has 0 aromatic rings. The zero-order valence-corrected chi connectivity index (χ0v) is 12.6. The van der Waals surface area contributed by atoms with Gasteiger partial charge in [-0.2, -0.15) is 11.8 Å². The van der Waals surface area contributed by atoms with Gasteiger partial charge < -0.3 is 10.1 Å². The molecular formula is C15H19NO3S. The fraction of sp³-hybridized carbons (Fsp3) is 0.333. The highest BCUT2D eigenvalue weighted by Gasteiger charge is 2.34. The second kappa shape index (κ2) is 7.75. The molecule has 1 atom stereocenters. The number of methoxy groups -OCH3 is 1. The summed E-state index contributed by atoms with van der Waals surface area (Å²) in [7, 11) is 1.48. The number of ether oxygens (including phenoxy) is 1. The maximum atomic E-state index is 11.7. The molecule has 0 fully saturated rings. The number of thioether (sulfide) groups is 1. The first kappa shape index (κ1) is 16.3. The third-order valence-electron chi connectivity index (χ3n) is 2.81. The van der Waals surface area contributed by atoms with Crippen LogP contribution in [-0.4, -0.2) is 36.3 Å². The van der Waals surface area contributed by atoms with Gasteiger partial charge in [0.1, 0.15) is 11.3 Å². The fourth-order valence-corrected chi connectivity index (χ4v) is 2.94. The minimum Gasteiger partial charge on any atom is -0.498 e. The van der Waals surface area contributed by atoms with Gasteiger partial charge in [-0.1, -0.05) is 31.4 Å². The van der Waals surface area contributed by atoms with Crippen LogP contribution >= 0.6 is 11.8 Å². The van der Waals surface area contributed by atoms with Crippen LogP contribution in [0.1, 0.15) is 6.92 Å². The van der Waals surface area contributed by atoms with E-state index in [1.165, 1.54) is 14.0 Å². The van der Waals surface area contributed by atoms with Crippen molar-refractivity contribution in [1.82, 2.24) is 5.32 Å². The van der Waals surface area contributed by atoms with Gasteiger partial charge in [-0.3, -0.25) is 9.59 Å². The van der Waals surface area contributed by atoms with E-state index in [9.17, 15) is 9.59 Å². The van der Waals surface area contributed by atoms with Crippen molar-refractivity contribution in [3.63, 3.8) is 0 Å². The predicted octanol–water partition coefficient (Wildman–Crippen LogP) is 2.01. The van der Waals surface area contributed by atoms with Gasteiger partial charge >= 0.3 is 0 Å². The van der Waals surface area contributed by atoms with E-state index in [-0.39, 0.29) is 23.3 Å². The number of ketones is 1.